The molecule has 0 unspecified atom stereocenters. The van der Waals surface area contributed by atoms with Gasteiger partial charge in [0, 0.05) is 27.4 Å². The van der Waals surface area contributed by atoms with E-state index in [1.807, 2.05) is 30.3 Å². The number of nitriles is 2. The first-order valence-electron chi connectivity index (χ1n) is 16.2. The Labute approximate surface area is 278 Å². The van der Waals surface area contributed by atoms with Crippen LogP contribution < -0.4 is 0 Å². The molecular formula is C44H28N4. The summed E-state index contributed by atoms with van der Waals surface area (Å²) in [5.41, 5.74) is 12.9. The summed E-state index contributed by atoms with van der Waals surface area (Å²) < 4.78 is 4.58. The summed E-state index contributed by atoms with van der Waals surface area (Å²) in [5.74, 6) is 0. The fraction of sp³-hybridized carbons (Fsp3) is 0.0455. The normalized spacial score (nSPS) is 12.3. The maximum absolute atomic E-state index is 10.4. The number of benzene rings is 6. The van der Waals surface area contributed by atoms with E-state index in [4.69, 9.17) is 0 Å². The van der Waals surface area contributed by atoms with Crippen LogP contribution in [0.15, 0.2) is 140 Å². The van der Waals surface area contributed by atoms with E-state index in [1.165, 1.54) is 21.7 Å². The smallest absolute Gasteiger partial charge is 0.101 e. The number of hydrogen-bond donors (Lipinski definition) is 0. The minimum Gasteiger partial charge on any atom is -0.309 e. The molecule has 48 heavy (non-hydrogen) atoms. The van der Waals surface area contributed by atoms with Crippen molar-refractivity contribution < 1.29 is 0 Å². The Morgan fingerprint density at radius 2 is 1.19 bits per heavy atom. The van der Waals surface area contributed by atoms with Gasteiger partial charge in [-0.1, -0.05) is 91.0 Å². The zero-order chi connectivity index (χ0) is 32.2. The summed E-state index contributed by atoms with van der Waals surface area (Å²) in [6, 6.07) is 50.8. The molecule has 1 aliphatic carbocycles. The minimum atomic E-state index is 0.593. The van der Waals surface area contributed by atoms with Crippen molar-refractivity contribution in [3.63, 3.8) is 0 Å². The molecule has 2 heterocycles. The third kappa shape index (κ3) is 4.14. The molecule has 0 fully saturated rings. The third-order valence-electron chi connectivity index (χ3n) is 9.69. The van der Waals surface area contributed by atoms with E-state index >= 15 is 0 Å². The predicted octanol–water partition coefficient (Wildman–Crippen LogP) is 10.8. The molecule has 9 rings (SSSR count). The zero-order valence-corrected chi connectivity index (χ0v) is 26.1. The monoisotopic (exact) mass is 612 g/mol. The Bertz CT molecular complexity index is 2650. The molecule has 0 N–H and O–H groups in total. The molecular weight excluding hydrogens is 585 g/mol. The Morgan fingerprint density at radius 3 is 1.92 bits per heavy atom. The highest BCUT2D eigenvalue weighted by Gasteiger charge is 2.22. The van der Waals surface area contributed by atoms with Gasteiger partial charge >= 0.3 is 0 Å². The maximum Gasteiger partial charge on any atom is 0.101 e. The summed E-state index contributed by atoms with van der Waals surface area (Å²) in [4.78, 5) is 0. The van der Waals surface area contributed by atoms with Crippen molar-refractivity contribution in [2.24, 2.45) is 0 Å². The van der Waals surface area contributed by atoms with Gasteiger partial charge in [0.25, 0.3) is 0 Å². The van der Waals surface area contributed by atoms with Crippen molar-refractivity contribution in [1.29, 1.82) is 10.5 Å². The zero-order valence-electron chi connectivity index (χ0n) is 26.1. The van der Waals surface area contributed by atoms with Gasteiger partial charge in [0.2, 0.25) is 0 Å². The topological polar surface area (TPSA) is 57.4 Å². The lowest BCUT2D eigenvalue weighted by molar-refractivity contribution is 0.966. The summed E-state index contributed by atoms with van der Waals surface area (Å²) in [6.45, 7) is 0. The van der Waals surface area contributed by atoms with Gasteiger partial charge in [0.05, 0.1) is 45.1 Å². The van der Waals surface area contributed by atoms with E-state index in [9.17, 15) is 10.5 Å². The first-order chi connectivity index (χ1) is 23.7. The van der Waals surface area contributed by atoms with Crippen LogP contribution in [0.25, 0.3) is 72.4 Å². The summed E-state index contributed by atoms with van der Waals surface area (Å²) in [7, 11) is 0. The number of nitrogens with zero attached hydrogens (tertiary/aromatic N) is 4. The van der Waals surface area contributed by atoms with Crippen LogP contribution in [0.2, 0.25) is 0 Å². The number of allylic oxidation sites excluding steroid dienone is 1. The quantitative estimate of drug-likeness (QED) is 0.199. The number of rotatable bonds is 4. The highest BCUT2D eigenvalue weighted by molar-refractivity contribution is 6.10. The molecule has 1 aliphatic rings. The average molecular weight is 613 g/mol. The molecule has 0 saturated heterocycles. The van der Waals surface area contributed by atoms with Crippen LogP contribution in [0, 0.1) is 22.7 Å². The Hall–Kier alpha value is -6.62. The molecule has 224 valence electrons. The highest BCUT2D eigenvalue weighted by Crippen LogP contribution is 2.42. The average Bonchev–Trinajstić information content (AvgIpc) is 3.67. The minimum absolute atomic E-state index is 0.593. The van der Waals surface area contributed by atoms with Crippen LogP contribution in [0.3, 0.4) is 0 Å². The first-order valence-corrected chi connectivity index (χ1v) is 16.2. The van der Waals surface area contributed by atoms with E-state index in [-0.39, 0.29) is 0 Å². The molecule has 0 radical (unpaired) electrons. The molecule has 0 atom stereocenters. The van der Waals surface area contributed by atoms with E-state index in [0.29, 0.717) is 11.1 Å². The Kier molecular flexibility index (Phi) is 6.35. The van der Waals surface area contributed by atoms with Gasteiger partial charge in [-0.2, -0.15) is 10.5 Å². The highest BCUT2D eigenvalue weighted by atomic mass is 15.0. The number of aromatic nitrogens is 2. The van der Waals surface area contributed by atoms with Crippen molar-refractivity contribution in [3.05, 3.63) is 162 Å². The second-order valence-corrected chi connectivity index (χ2v) is 12.3. The van der Waals surface area contributed by atoms with E-state index in [2.05, 4.69) is 137 Å². The lowest BCUT2D eigenvalue weighted by Gasteiger charge is -2.19. The predicted molar refractivity (Wildman–Crippen MR) is 195 cm³/mol. The van der Waals surface area contributed by atoms with Crippen LogP contribution >= 0.6 is 0 Å². The number of fused-ring (bicyclic) bond motifs is 6. The molecule has 6 aromatic carbocycles. The fourth-order valence-electron chi connectivity index (χ4n) is 7.59. The van der Waals surface area contributed by atoms with Crippen molar-refractivity contribution in [2.45, 2.75) is 12.8 Å². The van der Waals surface area contributed by atoms with Gasteiger partial charge in [-0.25, -0.2) is 0 Å². The van der Waals surface area contributed by atoms with Crippen LogP contribution in [0.4, 0.5) is 0 Å². The van der Waals surface area contributed by atoms with Crippen molar-refractivity contribution in [2.75, 3.05) is 0 Å². The summed E-state index contributed by atoms with van der Waals surface area (Å²) in [5, 5.41) is 24.0. The van der Waals surface area contributed by atoms with Crippen molar-refractivity contribution in [1.82, 2.24) is 9.13 Å². The number of hydrogen-bond acceptors (Lipinski definition) is 2. The van der Waals surface area contributed by atoms with Gasteiger partial charge in [0.1, 0.15) is 6.07 Å². The van der Waals surface area contributed by atoms with Gasteiger partial charge in [-0.05, 0) is 89.7 Å². The van der Waals surface area contributed by atoms with E-state index < -0.39 is 0 Å². The second kappa shape index (κ2) is 11.0. The van der Waals surface area contributed by atoms with Crippen molar-refractivity contribution >= 4 is 38.8 Å². The SMILES string of the molecule is N#Cc1ccc(-c2ccc(C#N)c(-n3c4c(c5ccccc53)CCC=C4)c2)c(-c2ccccc2-n2c3ccccc3c3ccccc32)c1. The first kappa shape index (κ1) is 27.7. The molecule has 0 spiro atoms. The van der Waals surface area contributed by atoms with Crippen LogP contribution in [-0.2, 0) is 6.42 Å². The van der Waals surface area contributed by atoms with E-state index in [1.54, 1.807) is 0 Å². The molecule has 0 saturated carbocycles. The van der Waals surface area contributed by atoms with Gasteiger partial charge < -0.3 is 9.13 Å². The molecule has 0 aliphatic heterocycles. The standard InChI is InChI=1S/C44H28N4/c45-27-29-21-24-32(30-22-23-31(28-46)44(26-30)48-41-18-8-3-13-35(41)36-14-4-9-19-42(36)48)38(25-29)37-15-5-10-20-43(37)47-39-16-6-1-11-33(39)34-12-2-7-17-40(34)47/h1-3,5-13,15-26H,4,14H2. The molecule has 2 aromatic heterocycles. The maximum atomic E-state index is 10.4. The number of aryl methyl sites for hydroxylation is 1. The van der Waals surface area contributed by atoms with Crippen molar-refractivity contribution in [3.8, 4) is 45.8 Å². The van der Waals surface area contributed by atoms with Gasteiger partial charge in [-0.15, -0.1) is 0 Å². The third-order valence-corrected chi connectivity index (χ3v) is 9.69. The van der Waals surface area contributed by atoms with Crippen LogP contribution in [0.1, 0.15) is 28.8 Å². The summed E-state index contributed by atoms with van der Waals surface area (Å²) in [6.07, 6.45) is 6.39. The van der Waals surface area contributed by atoms with E-state index in [0.717, 1.165) is 68.7 Å². The van der Waals surface area contributed by atoms with Crippen LogP contribution in [-0.4, -0.2) is 9.13 Å². The summed E-state index contributed by atoms with van der Waals surface area (Å²) >= 11 is 0. The molecule has 8 aromatic rings. The van der Waals surface area contributed by atoms with Gasteiger partial charge in [0.15, 0.2) is 0 Å². The second-order valence-electron chi connectivity index (χ2n) is 12.3. The Morgan fingerprint density at radius 1 is 0.521 bits per heavy atom. The largest absolute Gasteiger partial charge is 0.309 e. The fourth-order valence-corrected chi connectivity index (χ4v) is 7.59. The molecule has 0 amide bonds. The number of para-hydroxylation sites is 4. The van der Waals surface area contributed by atoms with Gasteiger partial charge in [-0.3, -0.25) is 0 Å². The Balaban J connectivity index is 1.31. The molecule has 0 bridgehead atoms. The lowest BCUT2D eigenvalue weighted by atomic mass is 9.91. The molecule has 4 nitrogen and oxygen atoms in total. The van der Waals surface area contributed by atoms with Crippen LogP contribution in [0.5, 0.6) is 0 Å². The lowest BCUT2D eigenvalue weighted by Crippen LogP contribution is -2.03. The molecule has 4 heteroatoms.